The van der Waals surface area contributed by atoms with Crippen LogP contribution in [0.25, 0.3) is 0 Å². The van der Waals surface area contributed by atoms with Crippen LogP contribution in [0.15, 0.2) is 22.7 Å². The number of imide groups is 1. The summed E-state index contributed by atoms with van der Waals surface area (Å²) in [5.41, 5.74) is 0.597. The summed E-state index contributed by atoms with van der Waals surface area (Å²) in [4.78, 5) is 34.9. The van der Waals surface area contributed by atoms with Gasteiger partial charge in [-0.1, -0.05) is 15.9 Å². The fourth-order valence-electron chi connectivity index (χ4n) is 1.67. The Hall–Kier alpha value is -0.0536. The minimum absolute atomic E-state index is 0. The zero-order valence-electron chi connectivity index (χ0n) is 9.60. The third kappa shape index (κ3) is 3.09. The number of halogens is 1. The van der Waals surface area contributed by atoms with Crippen molar-refractivity contribution in [1.82, 2.24) is 4.90 Å². The van der Waals surface area contributed by atoms with Gasteiger partial charge in [-0.25, -0.2) is 0 Å². The number of carbonyl (C=O) groups excluding carboxylic acids is 3. The van der Waals surface area contributed by atoms with Gasteiger partial charge in [0.2, 0.25) is 0 Å². The summed E-state index contributed by atoms with van der Waals surface area (Å²) >= 11 is 3.21. The average molecular weight is 336 g/mol. The molecule has 0 saturated heterocycles. The molecule has 1 heterocycles. The van der Waals surface area contributed by atoms with E-state index in [2.05, 4.69) is 15.9 Å². The van der Waals surface area contributed by atoms with Gasteiger partial charge in [-0.05, 0) is 18.2 Å². The van der Waals surface area contributed by atoms with Crippen molar-refractivity contribution in [2.24, 2.45) is 0 Å². The predicted octanol–water partition coefficient (Wildman–Crippen LogP) is -2.81. The molecule has 0 N–H and O–H groups in total. The van der Waals surface area contributed by atoms with Gasteiger partial charge in [-0.2, -0.15) is 0 Å². The van der Waals surface area contributed by atoms with Crippen LogP contribution in [0.2, 0.25) is 0 Å². The molecular weight excluding hydrogens is 329 g/mol. The Morgan fingerprint density at radius 2 is 1.83 bits per heavy atom. The summed E-state index contributed by atoms with van der Waals surface area (Å²) in [6.07, 6.45) is -0.355. The Morgan fingerprint density at radius 3 is 2.44 bits per heavy atom. The van der Waals surface area contributed by atoms with Crippen molar-refractivity contribution in [2.75, 3.05) is 6.54 Å². The van der Waals surface area contributed by atoms with E-state index in [-0.39, 0.29) is 64.4 Å². The molecule has 1 aromatic carbocycles. The number of amides is 2. The third-order valence-corrected chi connectivity index (χ3v) is 2.97. The molecule has 0 atom stereocenters. The third-order valence-electron chi connectivity index (χ3n) is 2.47. The zero-order valence-corrected chi connectivity index (χ0v) is 14.3. The molecule has 1 aliphatic heterocycles. The largest absolute Gasteiger partial charge is 1.00 e. The molecule has 1 aliphatic rings. The molecule has 0 aromatic heterocycles. The van der Waals surface area contributed by atoms with Crippen molar-refractivity contribution in [3.63, 3.8) is 0 Å². The van der Waals surface area contributed by atoms with Gasteiger partial charge in [0.25, 0.3) is 11.8 Å². The standard InChI is InChI=1S/C11H8BrNO4.K/c12-6-1-2-7-8(5-6)11(17)13(10(7)16)4-3-9(14)15;/h1-2,5H,3-4H2,(H,14,15);/q;+1/p-1. The Balaban J connectivity index is 0.00000162. The first-order valence-electron chi connectivity index (χ1n) is 4.86. The number of carboxylic acids is 1. The van der Waals surface area contributed by atoms with Gasteiger partial charge in [0, 0.05) is 23.4 Å². The van der Waals surface area contributed by atoms with E-state index in [0.29, 0.717) is 15.6 Å². The van der Waals surface area contributed by atoms with Gasteiger partial charge in [-0.15, -0.1) is 0 Å². The Labute approximate surface area is 154 Å². The van der Waals surface area contributed by atoms with E-state index >= 15 is 0 Å². The minimum atomic E-state index is -1.29. The first kappa shape index (κ1) is 16.0. The molecule has 0 aliphatic carbocycles. The number of fused-ring (bicyclic) bond motifs is 1. The van der Waals surface area contributed by atoms with Crippen LogP contribution in [0.3, 0.4) is 0 Å². The first-order chi connectivity index (χ1) is 8.00. The van der Waals surface area contributed by atoms with Crippen molar-refractivity contribution < 1.29 is 70.9 Å². The van der Waals surface area contributed by atoms with Crippen LogP contribution in [0.1, 0.15) is 27.1 Å². The number of hydrogen-bond donors (Lipinski definition) is 0. The van der Waals surface area contributed by atoms with Crippen LogP contribution in [0.4, 0.5) is 0 Å². The molecular formula is C11H7BrKNO4. The number of carbonyl (C=O) groups is 3. The molecule has 0 spiro atoms. The summed E-state index contributed by atoms with van der Waals surface area (Å²) in [6, 6.07) is 4.75. The molecule has 88 valence electrons. The number of carboxylic acid groups (broad SMARTS) is 1. The van der Waals surface area contributed by atoms with Crippen LogP contribution < -0.4 is 56.5 Å². The Bertz CT molecular complexity index is 532. The van der Waals surface area contributed by atoms with Crippen LogP contribution in [-0.4, -0.2) is 29.2 Å². The molecule has 1 aromatic rings. The molecule has 0 radical (unpaired) electrons. The van der Waals surface area contributed by atoms with Crippen molar-refractivity contribution >= 4 is 33.7 Å². The first-order valence-corrected chi connectivity index (χ1v) is 5.65. The number of rotatable bonds is 3. The van der Waals surface area contributed by atoms with Gasteiger partial charge in [-0.3, -0.25) is 14.5 Å². The van der Waals surface area contributed by atoms with Gasteiger partial charge in [0.15, 0.2) is 0 Å². The SMILES string of the molecule is O=C([O-])CCN1C(=O)c2ccc(Br)cc2C1=O.[K+]. The molecule has 0 unspecified atom stereocenters. The van der Waals surface area contributed by atoms with Crippen LogP contribution in [-0.2, 0) is 4.79 Å². The molecule has 0 saturated carbocycles. The van der Waals surface area contributed by atoms with E-state index in [1.54, 1.807) is 18.2 Å². The maximum absolute atomic E-state index is 11.8. The number of aliphatic carboxylic acids is 1. The van der Waals surface area contributed by atoms with Crippen molar-refractivity contribution in [2.45, 2.75) is 6.42 Å². The number of hydrogen-bond acceptors (Lipinski definition) is 4. The molecule has 0 fully saturated rings. The second kappa shape index (κ2) is 6.40. The number of nitrogens with zero attached hydrogens (tertiary/aromatic N) is 1. The predicted molar refractivity (Wildman–Crippen MR) is 59.1 cm³/mol. The fraction of sp³-hybridized carbons (Fsp3) is 0.182. The Morgan fingerprint density at radius 1 is 1.22 bits per heavy atom. The van der Waals surface area contributed by atoms with Gasteiger partial charge in [0.1, 0.15) is 0 Å². The van der Waals surface area contributed by atoms with Gasteiger partial charge < -0.3 is 9.90 Å². The molecule has 2 rings (SSSR count). The topological polar surface area (TPSA) is 77.5 Å². The normalized spacial score (nSPS) is 13.3. The van der Waals surface area contributed by atoms with E-state index in [9.17, 15) is 19.5 Å². The van der Waals surface area contributed by atoms with E-state index in [1.807, 2.05) is 0 Å². The summed E-state index contributed by atoms with van der Waals surface area (Å²) in [7, 11) is 0. The smallest absolute Gasteiger partial charge is 0.550 e. The van der Waals surface area contributed by atoms with E-state index in [0.717, 1.165) is 4.90 Å². The second-order valence-corrected chi connectivity index (χ2v) is 4.49. The fourth-order valence-corrected chi connectivity index (χ4v) is 2.03. The maximum Gasteiger partial charge on any atom is 1.00 e. The van der Waals surface area contributed by atoms with Crippen molar-refractivity contribution in [3.8, 4) is 0 Å². The monoisotopic (exact) mass is 335 g/mol. The van der Waals surface area contributed by atoms with E-state index in [4.69, 9.17) is 0 Å². The Kier molecular flexibility index (Phi) is 5.69. The van der Waals surface area contributed by atoms with Crippen molar-refractivity contribution in [1.29, 1.82) is 0 Å². The van der Waals surface area contributed by atoms with E-state index < -0.39 is 17.8 Å². The van der Waals surface area contributed by atoms with Crippen LogP contribution >= 0.6 is 15.9 Å². The molecule has 18 heavy (non-hydrogen) atoms. The molecule has 5 nitrogen and oxygen atoms in total. The summed E-state index contributed by atoms with van der Waals surface area (Å²) in [5, 5.41) is 10.3. The average Bonchev–Trinajstić information content (AvgIpc) is 2.49. The molecule has 7 heteroatoms. The van der Waals surface area contributed by atoms with Gasteiger partial charge >= 0.3 is 51.4 Å². The summed E-state index contributed by atoms with van der Waals surface area (Å²) in [6.45, 7) is -0.160. The van der Waals surface area contributed by atoms with Crippen LogP contribution in [0, 0.1) is 0 Å². The quantitative estimate of drug-likeness (QED) is 0.441. The maximum atomic E-state index is 11.8. The molecule has 2 amide bonds. The van der Waals surface area contributed by atoms with Crippen molar-refractivity contribution in [3.05, 3.63) is 33.8 Å². The summed E-state index contributed by atoms with van der Waals surface area (Å²) < 4.78 is 0.694. The van der Waals surface area contributed by atoms with Gasteiger partial charge in [0.05, 0.1) is 11.1 Å². The number of benzene rings is 1. The molecule has 0 bridgehead atoms. The zero-order chi connectivity index (χ0) is 12.6. The minimum Gasteiger partial charge on any atom is -0.550 e. The second-order valence-electron chi connectivity index (χ2n) is 3.57. The van der Waals surface area contributed by atoms with E-state index in [1.165, 1.54) is 0 Å². The van der Waals surface area contributed by atoms with Crippen LogP contribution in [0.5, 0.6) is 0 Å². The summed E-state index contributed by atoms with van der Waals surface area (Å²) in [5.74, 6) is -2.21.